The predicted octanol–water partition coefficient (Wildman–Crippen LogP) is 6.26. The van der Waals surface area contributed by atoms with Gasteiger partial charge in [-0.3, -0.25) is 9.88 Å². The maximum Gasteiger partial charge on any atom is 0.422 e. The van der Waals surface area contributed by atoms with Crippen LogP contribution in [0, 0.1) is 5.82 Å². The van der Waals surface area contributed by atoms with Crippen molar-refractivity contribution < 1.29 is 31.4 Å². The lowest BCUT2D eigenvalue weighted by molar-refractivity contribution is -0.153. The van der Waals surface area contributed by atoms with Crippen molar-refractivity contribution in [1.82, 2.24) is 19.9 Å². The van der Waals surface area contributed by atoms with Crippen LogP contribution in [-0.2, 0) is 0 Å². The van der Waals surface area contributed by atoms with Crippen molar-refractivity contribution in [3.63, 3.8) is 0 Å². The molecular weight excluding hydrogens is 531 g/mol. The van der Waals surface area contributed by atoms with E-state index in [0.717, 1.165) is 31.4 Å². The number of pyridine rings is 1. The number of fused-ring (bicyclic) bond motifs is 2. The second-order valence-corrected chi connectivity index (χ2v) is 10.6. The molecule has 1 aromatic carbocycles. The van der Waals surface area contributed by atoms with Crippen LogP contribution in [-0.4, -0.2) is 64.0 Å². The molecule has 3 aromatic rings. The highest BCUT2D eigenvalue weighted by molar-refractivity contribution is 6.31. The zero-order valence-corrected chi connectivity index (χ0v) is 21.0. The lowest BCUT2D eigenvalue weighted by Gasteiger charge is -2.30. The molecule has 12 heteroatoms. The first-order chi connectivity index (χ1) is 18.1. The van der Waals surface area contributed by atoms with Gasteiger partial charge < -0.3 is 9.47 Å². The molecule has 6 nitrogen and oxygen atoms in total. The lowest BCUT2D eigenvalue weighted by Crippen LogP contribution is -2.43. The second-order valence-electron chi connectivity index (χ2n) is 10.2. The first-order valence-corrected chi connectivity index (χ1v) is 12.9. The molecule has 2 aliphatic heterocycles. The van der Waals surface area contributed by atoms with Gasteiger partial charge in [-0.1, -0.05) is 23.7 Å². The third-order valence-electron chi connectivity index (χ3n) is 7.53. The second kappa shape index (κ2) is 9.44. The summed E-state index contributed by atoms with van der Waals surface area (Å²) in [4.78, 5) is 14.5. The van der Waals surface area contributed by atoms with Crippen molar-refractivity contribution >= 4 is 22.5 Å². The van der Waals surface area contributed by atoms with Gasteiger partial charge in [0.05, 0.1) is 10.9 Å². The van der Waals surface area contributed by atoms with E-state index in [1.165, 1.54) is 6.20 Å². The summed E-state index contributed by atoms with van der Waals surface area (Å²) in [5.74, 6) is -1.16. The van der Waals surface area contributed by atoms with Gasteiger partial charge in [0.25, 0.3) is 0 Å². The fraction of sp³-hybridized carbons (Fsp3) is 0.500. The maximum absolute atomic E-state index is 16.0. The van der Waals surface area contributed by atoms with Crippen molar-refractivity contribution in [1.29, 1.82) is 0 Å². The first-order valence-electron chi connectivity index (χ1n) is 12.5. The van der Waals surface area contributed by atoms with E-state index in [-0.39, 0.29) is 41.6 Å². The minimum Gasteiger partial charge on any atom is -0.467 e. The molecule has 2 saturated heterocycles. The van der Waals surface area contributed by atoms with Crippen LogP contribution in [0.2, 0.25) is 5.02 Å². The molecule has 0 spiro atoms. The van der Waals surface area contributed by atoms with Gasteiger partial charge in [-0.05, 0) is 49.8 Å². The van der Waals surface area contributed by atoms with E-state index in [0.29, 0.717) is 23.6 Å². The Morgan fingerprint density at radius 1 is 1.16 bits per heavy atom. The van der Waals surface area contributed by atoms with Gasteiger partial charge in [-0.2, -0.15) is 23.1 Å². The summed E-state index contributed by atoms with van der Waals surface area (Å²) in [6.45, 7) is -0.579. The van der Waals surface area contributed by atoms with E-state index < -0.39 is 36.2 Å². The van der Waals surface area contributed by atoms with Crippen molar-refractivity contribution in [2.24, 2.45) is 0 Å². The molecule has 2 atom stereocenters. The molecule has 4 heterocycles. The number of ether oxygens (including phenoxy) is 2. The smallest absolute Gasteiger partial charge is 0.422 e. The lowest BCUT2D eigenvalue weighted by atomic mass is 9.95. The van der Waals surface area contributed by atoms with Crippen molar-refractivity contribution in [3.05, 3.63) is 40.8 Å². The number of rotatable bonds is 7. The quantitative estimate of drug-likeness (QED) is 0.321. The van der Waals surface area contributed by atoms with Crippen LogP contribution in [0.4, 0.5) is 22.0 Å². The number of hydrogen-bond acceptors (Lipinski definition) is 6. The molecule has 0 unspecified atom stereocenters. The Balaban J connectivity index is 1.41. The highest BCUT2D eigenvalue weighted by Crippen LogP contribution is 2.48. The molecular formula is C26H24ClF5N4O2. The largest absolute Gasteiger partial charge is 0.467 e. The molecule has 2 aromatic heterocycles. The van der Waals surface area contributed by atoms with Crippen LogP contribution in [0.15, 0.2) is 24.4 Å². The van der Waals surface area contributed by atoms with Gasteiger partial charge in [0.2, 0.25) is 5.88 Å². The topological polar surface area (TPSA) is 60.4 Å². The van der Waals surface area contributed by atoms with Crippen LogP contribution in [0.1, 0.15) is 43.6 Å². The number of nitrogens with zero attached hydrogens (tertiary/aromatic N) is 4. The average Bonchev–Trinajstić information content (AvgIpc) is 3.55. The molecule has 0 N–H and O–H groups in total. The SMILES string of the molecule is Fc1c(-c2cccc(Cl)c2C2CC2)ncc2c(OCC(F)(F)F)nc(OC[C@@]34CCCN3C[C@H](F)C4)nc12. The third-order valence-corrected chi connectivity index (χ3v) is 7.86. The standard InChI is InChI=1S/C26H24ClF5N4O2/c27-18-4-1-3-16(19(18)14-5-6-14)21-20(29)22-17(10-33-21)23(37-13-26(30,31)32)35-24(34-22)38-12-25-7-2-8-36(25)11-15(28)9-25/h1,3-4,10,14-15H,2,5-9,11-13H2/t15-,25+/m1/s1. The molecule has 3 aliphatic rings. The third kappa shape index (κ3) is 4.75. The first kappa shape index (κ1) is 25.5. The number of hydrogen-bond donors (Lipinski definition) is 0. The van der Waals surface area contributed by atoms with E-state index in [1.807, 2.05) is 4.90 Å². The van der Waals surface area contributed by atoms with Crippen LogP contribution in [0.25, 0.3) is 22.2 Å². The predicted molar refractivity (Wildman–Crippen MR) is 130 cm³/mol. The highest BCUT2D eigenvalue weighted by Gasteiger charge is 2.49. The Morgan fingerprint density at radius 3 is 2.74 bits per heavy atom. The van der Waals surface area contributed by atoms with Crippen LogP contribution in [0.5, 0.6) is 11.9 Å². The molecule has 38 heavy (non-hydrogen) atoms. The maximum atomic E-state index is 16.0. The van der Waals surface area contributed by atoms with Crippen molar-refractivity contribution in [3.8, 4) is 23.1 Å². The minimum atomic E-state index is -4.65. The summed E-state index contributed by atoms with van der Waals surface area (Å²) in [6, 6.07) is 4.78. The van der Waals surface area contributed by atoms with E-state index in [4.69, 9.17) is 21.1 Å². The van der Waals surface area contributed by atoms with Crippen molar-refractivity contribution in [2.45, 2.75) is 55.9 Å². The van der Waals surface area contributed by atoms with E-state index in [2.05, 4.69) is 15.0 Å². The summed E-state index contributed by atoms with van der Waals surface area (Å²) < 4.78 is 79.8. The summed E-state index contributed by atoms with van der Waals surface area (Å²) in [6.07, 6.45) is -0.748. The average molecular weight is 555 g/mol. The van der Waals surface area contributed by atoms with Gasteiger partial charge in [0, 0.05) is 29.7 Å². The van der Waals surface area contributed by atoms with Gasteiger partial charge in [0.15, 0.2) is 12.4 Å². The van der Waals surface area contributed by atoms with Gasteiger partial charge in [-0.25, -0.2) is 8.78 Å². The summed E-state index contributed by atoms with van der Waals surface area (Å²) >= 11 is 6.42. The molecule has 6 rings (SSSR count). The van der Waals surface area contributed by atoms with E-state index in [9.17, 15) is 17.6 Å². The fourth-order valence-electron chi connectivity index (χ4n) is 5.70. The van der Waals surface area contributed by atoms with Gasteiger partial charge >= 0.3 is 12.2 Å². The number of halogens is 6. The Kier molecular flexibility index (Phi) is 6.33. The molecule has 0 bridgehead atoms. The van der Waals surface area contributed by atoms with E-state index in [1.54, 1.807) is 18.2 Å². The number of alkyl halides is 4. The van der Waals surface area contributed by atoms with Crippen molar-refractivity contribution in [2.75, 3.05) is 26.3 Å². The Labute approximate surface area is 220 Å². The minimum absolute atomic E-state index is 0.0232. The monoisotopic (exact) mass is 554 g/mol. The van der Waals surface area contributed by atoms with Gasteiger partial charge in [-0.15, -0.1) is 0 Å². The zero-order valence-electron chi connectivity index (χ0n) is 20.2. The summed E-state index contributed by atoms with van der Waals surface area (Å²) in [7, 11) is 0. The van der Waals surface area contributed by atoms with Crippen LogP contribution in [0.3, 0.4) is 0 Å². The molecule has 1 saturated carbocycles. The Bertz CT molecular complexity index is 1390. The number of benzene rings is 1. The highest BCUT2D eigenvalue weighted by atomic mass is 35.5. The van der Waals surface area contributed by atoms with Crippen LogP contribution < -0.4 is 9.47 Å². The molecule has 202 valence electrons. The molecule has 3 fully saturated rings. The molecule has 1 aliphatic carbocycles. The Morgan fingerprint density at radius 2 is 1.97 bits per heavy atom. The van der Waals surface area contributed by atoms with Gasteiger partial charge in [0.1, 0.15) is 24.0 Å². The van der Waals surface area contributed by atoms with E-state index >= 15 is 4.39 Å². The molecule has 0 amide bonds. The summed E-state index contributed by atoms with van der Waals surface area (Å²) in [5, 5.41) is 0.374. The fourth-order valence-corrected chi connectivity index (χ4v) is 6.03. The molecule has 0 radical (unpaired) electrons. The Hall–Kier alpha value is -2.79. The zero-order chi connectivity index (χ0) is 26.7. The summed E-state index contributed by atoms with van der Waals surface area (Å²) in [5.41, 5.74) is 0.423. The normalized spacial score (nSPS) is 23.7. The number of aromatic nitrogens is 3. The van der Waals surface area contributed by atoms with Crippen LogP contribution >= 0.6 is 11.6 Å².